The van der Waals surface area contributed by atoms with Crippen molar-refractivity contribution in [3.8, 4) is 11.1 Å². The number of aromatic nitrogens is 1. The Labute approximate surface area is 201 Å². The number of hydrogen-bond acceptors (Lipinski definition) is 6. The summed E-state index contributed by atoms with van der Waals surface area (Å²) in [5.74, 6) is -1.44. The molecule has 1 saturated carbocycles. The monoisotopic (exact) mass is 475 g/mol. The van der Waals surface area contributed by atoms with E-state index in [0.29, 0.717) is 25.0 Å². The summed E-state index contributed by atoms with van der Waals surface area (Å²) in [7, 11) is 0. The molecule has 35 heavy (non-hydrogen) atoms. The second-order valence-electron chi connectivity index (χ2n) is 8.88. The van der Waals surface area contributed by atoms with Crippen LogP contribution in [-0.2, 0) is 16.1 Å². The lowest BCUT2D eigenvalue weighted by molar-refractivity contribution is -0.141. The summed E-state index contributed by atoms with van der Waals surface area (Å²) < 4.78 is 10.7. The molecule has 2 aromatic carbocycles. The van der Waals surface area contributed by atoms with Crippen LogP contribution in [0.2, 0.25) is 0 Å². The van der Waals surface area contributed by atoms with Gasteiger partial charge in [0.25, 0.3) is 5.91 Å². The largest absolute Gasteiger partial charge is 0.481 e. The third-order valence-electron chi connectivity index (χ3n) is 6.66. The minimum absolute atomic E-state index is 0.0153. The molecule has 0 saturated heterocycles. The highest BCUT2D eigenvalue weighted by Gasteiger charge is 2.31. The molecule has 1 aromatic heterocycles. The van der Waals surface area contributed by atoms with Crippen LogP contribution in [-0.4, -0.2) is 40.9 Å². The van der Waals surface area contributed by atoms with Crippen molar-refractivity contribution in [1.29, 1.82) is 0 Å². The van der Waals surface area contributed by atoms with Gasteiger partial charge < -0.3 is 25.0 Å². The van der Waals surface area contributed by atoms with Gasteiger partial charge in [-0.2, -0.15) is 0 Å². The van der Waals surface area contributed by atoms with Crippen LogP contribution < -0.4 is 10.6 Å². The third-order valence-corrected chi connectivity index (χ3v) is 6.66. The maximum absolute atomic E-state index is 12.4. The van der Waals surface area contributed by atoms with Gasteiger partial charge in [-0.1, -0.05) is 53.7 Å². The molecule has 0 aliphatic heterocycles. The summed E-state index contributed by atoms with van der Waals surface area (Å²) in [6, 6.07) is 17.4. The first-order valence-corrected chi connectivity index (χ1v) is 11.6. The molecule has 9 heteroatoms. The molecule has 1 fully saturated rings. The van der Waals surface area contributed by atoms with E-state index in [1.54, 1.807) is 0 Å². The Morgan fingerprint density at radius 3 is 2.37 bits per heavy atom. The van der Waals surface area contributed by atoms with E-state index in [2.05, 4.69) is 40.1 Å². The summed E-state index contributed by atoms with van der Waals surface area (Å²) in [4.78, 5) is 35.8. The number of amides is 2. The second kappa shape index (κ2) is 9.61. The quantitative estimate of drug-likeness (QED) is 0.475. The Bertz CT molecular complexity index is 1220. The summed E-state index contributed by atoms with van der Waals surface area (Å²) in [6.45, 7) is 0.212. The van der Waals surface area contributed by atoms with Crippen LogP contribution in [0.5, 0.6) is 0 Å². The lowest BCUT2D eigenvalue weighted by Gasteiger charge is -2.14. The molecule has 0 bridgehead atoms. The molecule has 5 rings (SSSR count). The van der Waals surface area contributed by atoms with Crippen LogP contribution in [0.3, 0.4) is 0 Å². The zero-order valence-corrected chi connectivity index (χ0v) is 18.9. The highest BCUT2D eigenvalue weighted by Crippen LogP contribution is 2.44. The van der Waals surface area contributed by atoms with Crippen molar-refractivity contribution in [2.45, 2.75) is 37.8 Å². The summed E-state index contributed by atoms with van der Waals surface area (Å²) >= 11 is 0. The molecule has 2 amide bonds. The Kier molecular flexibility index (Phi) is 6.22. The van der Waals surface area contributed by atoms with Crippen LogP contribution in [0.25, 0.3) is 11.1 Å². The first-order valence-electron chi connectivity index (χ1n) is 11.6. The number of ether oxygens (including phenoxy) is 1. The first-order chi connectivity index (χ1) is 17.0. The minimum atomic E-state index is -0.843. The molecule has 2 atom stereocenters. The van der Waals surface area contributed by atoms with Gasteiger partial charge in [-0.3, -0.25) is 9.59 Å². The van der Waals surface area contributed by atoms with Crippen LogP contribution in [0.15, 0.2) is 59.1 Å². The number of carboxylic acid groups (broad SMARTS) is 1. The summed E-state index contributed by atoms with van der Waals surface area (Å²) in [6.07, 6.45) is 0.945. The molecular formula is C26H25N3O6. The molecule has 0 radical (unpaired) electrons. The van der Waals surface area contributed by atoms with Crippen LogP contribution >= 0.6 is 0 Å². The topological polar surface area (TPSA) is 131 Å². The Balaban J connectivity index is 1.12. The van der Waals surface area contributed by atoms with Crippen LogP contribution in [0.4, 0.5) is 4.79 Å². The number of benzene rings is 2. The molecule has 9 nitrogen and oxygen atoms in total. The highest BCUT2D eigenvalue weighted by atomic mass is 16.5. The third kappa shape index (κ3) is 4.75. The molecule has 2 aliphatic rings. The second-order valence-corrected chi connectivity index (χ2v) is 8.88. The highest BCUT2D eigenvalue weighted by molar-refractivity contribution is 5.92. The SMILES string of the molecule is O=C(NCc1cc(C(=O)NC2CCC(C(=O)O)C2)no1)OCC1c2ccccc2-c2ccccc21. The molecule has 2 unspecified atom stereocenters. The number of carbonyl (C=O) groups excluding carboxylic acids is 2. The molecule has 0 spiro atoms. The average molecular weight is 476 g/mol. The van der Waals surface area contributed by atoms with Gasteiger partial charge in [0.15, 0.2) is 11.5 Å². The van der Waals surface area contributed by atoms with E-state index in [1.807, 2.05) is 24.3 Å². The Morgan fingerprint density at radius 2 is 1.71 bits per heavy atom. The van der Waals surface area contributed by atoms with Gasteiger partial charge in [-0.05, 0) is 41.5 Å². The predicted octanol–water partition coefficient (Wildman–Crippen LogP) is 3.70. The number of carbonyl (C=O) groups is 3. The summed E-state index contributed by atoms with van der Waals surface area (Å²) in [5, 5.41) is 18.3. The first kappa shape index (κ1) is 22.6. The van der Waals surface area contributed by atoms with Crippen molar-refractivity contribution in [3.63, 3.8) is 0 Å². The number of rotatable bonds is 7. The maximum atomic E-state index is 12.4. The normalized spacial score (nSPS) is 18.5. The molecule has 3 aromatic rings. The van der Waals surface area contributed by atoms with E-state index < -0.39 is 23.9 Å². The lowest BCUT2D eigenvalue weighted by Crippen LogP contribution is -2.33. The lowest BCUT2D eigenvalue weighted by atomic mass is 9.98. The Morgan fingerprint density at radius 1 is 1.03 bits per heavy atom. The van der Waals surface area contributed by atoms with Gasteiger partial charge >= 0.3 is 12.1 Å². The molecule has 3 N–H and O–H groups in total. The average Bonchev–Trinajstić information content (AvgIpc) is 3.59. The summed E-state index contributed by atoms with van der Waals surface area (Å²) in [5.41, 5.74) is 4.64. The fraction of sp³-hybridized carbons (Fsp3) is 0.308. The van der Waals surface area contributed by atoms with Crippen molar-refractivity contribution in [1.82, 2.24) is 15.8 Å². The van der Waals surface area contributed by atoms with Crippen molar-refractivity contribution in [3.05, 3.63) is 77.2 Å². The van der Waals surface area contributed by atoms with Crippen molar-refractivity contribution in [2.75, 3.05) is 6.61 Å². The number of nitrogens with zero attached hydrogens (tertiary/aromatic N) is 1. The number of fused-ring (bicyclic) bond motifs is 3. The van der Waals surface area contributed by atoms with Crippen LogP contribution in [0, 0.1) is 5.92 Å². The molecule has 180 valence electrons. The number of alkyl carbamates (subject to hydrolysis) is 1. The number of hydrogen-bond donors (Lipinski definition) is 3. The van der Waals surface area contributed by atoms with E-state index in [0.717, 1.165) is 22.3 Å². The van der Waals surface area contributed by atoms with Gasteiger partial charge in [0.05, 0.1) is 12.5 Å². The van der Waals surface area contributed by atoms with Gasteiger partial charge in [0.2, 0.25) is 0 Å². The van der Waals surface area contributed by atoms with E-state index in [9.17, 15) is 14.4 Å². The molecule has 2 aliphatic carbocycles. The van der Waals surface area contributed by atoms with E-state index in [4.69, 9.17) is 14.4 Å². The van der Waals surface area contributed by atoms with Crippen molar-refractivity contribution < 1.29 is 28.8 Å². The number of carboxylic acids is 1. The zero-order valence-electron chi connectivity index (χ0n) is 18.9. The van der Waals surface area contributed by atoms with Gasteiger partial charge in [0.1, 0.15) is 6.61 Å². The van der Waals surface area contributed by atoms with Gasteiger partial charge in [-0.15, -0.1) is 0 Å². The van der Waals surface area contributed by atoms with Gasteiger partial charge in [-0.25, -0.2) is 4.79 Å². The number of nitrogens with one attached hydrogen (secondary N) is 2. The van der Waals surface area contributed by atoms with Crippen molar-refractivity contribution >= 4 is 18.0 Å². The Hall–Kier alpha value is -4.14. The van der Waals surface area contributed by atoms with Crippen molar-refractivity contribution in [2.24, 2.45) is 5.92 Å². The fourth-order valence-electron chi connectivity index (χ4n) is 4.91. The zero-order chi connectivity index (χ0) is 24.4. The predicted molar refractivity (Wildman–Crippen MR) is 125 cm³/mol. The van der Waals surface area contributed by atoms with Crippen LogP contribution in [0.1, 0.15) is 52.6 Å². The van der Waals surface area contributed by atoms with E-state index in [1.165, 1.54) is 6.07 Å². The van der Waals surface area contributed by atoms with Gasteiger partial charge in [0, 0.05) is 18.0 Å². The van der Waals surface area contributed by atoms with E-state index in [-0.39, 0.29) is 30.8 Å². The fourth-order valence-corrected chi connectivity index (χ4v) is 4.91. The van der Waals surface area contributed by atoms with E-state index >= 15 is 0 Å². The maximum Gasteiger partial charge on any atom is 0.407 e. The number of aliphatic carboxylic acids is 1. The minimum Gasteiger partial charge on any atom is -0.481 e. The molecule has 1 heterocycles. The smallest absolute Gasteiger partial charge is 0.407 e. The molecular weight excluding hydrogens is 450 g/mol. The standard InChI is InChI=1S/C26H25N3O6/c30-24(28-16-10-9-15(11-16)25(31)32)23-12-17(35-29-23)13-27-26(33)34-14-22-20-7-3-1-5-18(20)19-6-2-4-8-21(19)22/h1-8,12,15-16,22H,9-11,13-14H2,(H,27,33)(H,28,30)(H,31,32).